The lowest BCUT2D eigenvalue weighted by atomic mass is 9.88. The van der Waals surface area contributed by atoms with Gasteiger partial charge in [0.25, 0.3) is 5.79 Å². The van der Waals surface area contributed by atoms with E-state index in [1.54, 1.807) is 0 Å². The van der Waals surface area contributed by atoms with Gasteiger partial charge in [0.2, 0.25) is 11.8 Å². The highest BCUT2D eigenvalue weighted by molar-refractivity contribution is 5.77. The van der Waals surface area contributed by atoms with Crippen molar-refractivity contribution in [3.05, 3.63) is 0 Å². The summed E-state index contributed by atoms with van der Waals surface area (Å²) < 4.78 is 34.8. The lowest BCUT2D eigenvalue weighted by molar-refractivity contribution is -0.386. The summed E-state index contributed by atoms with van der Waals surface area (Å²) in [5.41, 5.74) is 0. The first-order chi connectivity index (χ1) is 44.9. The molecule has 3 fully saturated rings. The second kappa shape index (κ2) is 51.0. The zero-order chi connectivity index (χ0) is 68.2. The Hall–Kier alpha value is -2.27. The number of rotatable bonds is 57. The number of unbranched alkanes of at least 4 members (excludes halogenated alkanes) is 37. The van der Waals surface area contributed by atoms with Gasteiger partial charge in [-0.3, -0.25) is 9.59 Å². The number of carbonyl (C=O) groups excluding carboxylic acids is 2. The summed E-state index contributed by atoms with van der Waals surface area (Å²) in [4.78, 5) is 38.5. The van der Waals surface area contributed by atoms with E-state index in [9.17, 15) is 75.7 Å². The molecule has 23 heteroatoms. The molecule has 3 saturated heterocycles. The third-order valence-electron chi connectivity index (χ3n) is 19.1. The molecule has 3 aliphatic heterocycles. The molecule has 3 heterocycles. The molecule has 0 radical (unpaired) electrons. The van der Waals surface area contributed by atoms with Crippen molar-refractivity contribution in [3.8, 4) is 0 Å². The zero-order valence-corrected chi connectivity index (χ0v) is 57.4. The van der Waals surface area contributed by atoms with Crippen molar-refractivity contribution in [2.24, 2.45) is 0 Å². The summed E-state index contributed by atoms with van der Waals surface area (Å²) >= 11 is 0. The van der Waals surface area contributed by atoms with Crippen molar-refractivity contribution in [1.82, 2.24) is 10.6 Å². The van der Waals surface area contributed by atoms with Crippen LogP contribution in [0.25, 0.3) is 0 Å². The number of carboxylic acid groups (broad SMARTS) is 1. The van der Waals surface area contributed by atoms with Crippen LogP contribution in [0.2, 0.25) is 0 Å². The molecule has 3 rings (SSSR count). The molecule has 0 bridgehead atoms. The number of nitrogens with one attached hydrogen (secondary N) is 2. The first kappa shape index (κ1) is 85.0. The molecule has 14 N–H and O–H groups in total. The van der Waals surface area contributed by atoms with Gasteiger partial charge < -0.3 is 100 Å². The summed E-state index contributed by atoms with van der Waals surface area (Å²) in [5.74, 6) is -6.09. The number of aliphatic carboxylic acids is 1. The van der Waals surface area contributed by atoms with Crippen LogP contribution < -0.4 is 10.6 Å². The average molecular weight is 1340 g/mol. The van der Waals surface area contributed by atoms with Crippen LogP contribution in [0.1, 0.15) is 290 Å². The van der Waals surface area contributed by atoms with Gasteiger partial charge in [0.05, 0.1) is 50.7 Å². The maximum absolute atomic E-state index is 13.5. The van der Waals surface area contributed by atoms with E-state index in [1.807, 2.05) is 0 Å². The highest BCUT2D eigenvalue weighted by atomic mass is 16.8. The summed E-state index contributed by atoms with van der Waals surface area (Å²) in [7, 11) is 0. The van der Waals surface area contributed by atoms with Crippen LogP contribution in [-0.2, 0) is 42.8 Å². The van der Waals surface area contributed by atoms with Gasteiger partial charge in [-0.1, -0.05) is 258 Å². The van der Waals surface area contributed by atoms with Crippen LogP contribution in [0.5, 0.6) is 0 Å². The topological polar surface area (TPSA) is 373 Å². The minimum Gasteiger partial charge on any atom is -0.477 e. The van der Waals surface area contributed by atoms with Gasteiger partial charge in [0, 0.05) is 19.8 Å². The maximum atomic E-state index is 13.5. The van der Waals surface area contributed by atoms with E-state index < -0.39 is 148 Å². The molecule has 2 amide bonds. The minimum absolute atomic E-state index is 0.229. The summed E-state index contributed by atoms with van der Waals surface area (Å²) in [6, 6.07) is -2.52. The summed E-state index contributed by atoms with van der Waals surface area (Å²) in [6.45, 7) is 2.20. The highest BCUT2D eigenvalue weighted by Gasteiger charge is 2.60. The Morgan fingerprint density at radius 2 is 0.935 bits per heavy atom. The number of ether oxygens (including phenoxy) is 6. The molecule has 18 unspecified atom stereocenters. The van der Waals surface area contributed by atoms with Gasteiger partial charge in [-0.05, 0) is 12.8 Å². The van der Waals surface area contributed by atoms with Crippen molar-refractivity contribution < 1.29 is 104 Å². The number of carbonyl (C=O) groups is 3. The molecular weight excluding hydrogens is 1200 g/mol. The lowest BCUT2D eigenvalue weighted by Crippen LogP contribution is -2.70. The molecule has 0 saturated carbocycles. The van der Waals surface area contributed by atoms with E-state index in [0.29, 0.717) is 19.3 Å². The smallest absolute Gasteiger partial charge is 0.364 e. The van der Waals surface area contributed by atoms with Crippen molar-refractivity contribution in [2.45, 2.75) is 400 Å². The fourth-order valence-electron chi connectivity index (χ4n) is 13.2. The second-order valence-corrected chi connectivity index (χ2v) is 27.2. The molecule has 548 valence electrons. The molecule has 0 aliphatic carbocycles. The Morgan fingerprint density at radius 3 is 1.34 bits per heavy atom. The Kier molecular flexibility index (Phi) is 46.6. The number of hydrogen-bond acceptors (Lipinski definition) is 20. The van der Waals surface area contributed by atoms with Crippen molar-refractivity contribution >= 4 is 17.8 Å². The second-order valence-electron chi connectivity index (χ2n) is 27.2. The average Bonchev–Trinajstić information content (AvgIpc) is 0.778. The largest absolute Gasteiger partial charge is 0.477 e. The number of hydrogen-bond donors (Lipinski definition) is 14. The van der Waals surface area contributed by atoms with Crippen molar-refractivity contribution in [2.75, 3.05) is 26.4 Å². The SMILES string of the molecule is CCCCCCCCCCCCCCCCCCCCCCCCCCCCCCCC(=O)NC(COC1OC(CO)C(OC2OC(CO)C(O)C(OC3(C(=O)O)CC(O)C(NC(C)=O)C(C(O)C(O)CO)O3)C2O)C(O)C1O)C(O)CCCCCCCCCCCC. The number of aliphatic hydroxyl groups excluding tert-OH is 11. The Labute approximate surface area is 557 Å². The molecular formula is C70H132N2O21. The molecule has 0 spiro atoms. The van der Waals surface area contributed by atoms with Crippen LogP contribution >= 0.6 is 0 Å². The standard InChI is InChI=1S/C70H132N2O21/c1-4-6-8-10-12-14-16-17-18-19-20-21-22-23-24-25-26-27-28-29-30-31-32-33-34-36-38-40-42-44-57(80)72-51(52(77)43-41-39-37-35-15-13-11-9-7-5-2)49-88-67-62(84)61(83)64(56(48-75)90-67)91-68-63(85)66(60(82)55(47-74)89-68)93-70(69(86)87)45-53(78)58(71-50(3)76)65(92-70)59(81)54(79)46-73/h51-56,58-68,73-75,77-79,81-85H,4-49H2,1-3H3,(H,71,76)(H,72,80)(H,86,87). The number of amides is 2. The predicted octanol–water partition coefficient (Wildman–Crippen LogP) is 7.68. The number of aliphatic hydroxyl groups is 11. The fourth-order valence-corrected chi connectivity index (χ4v) is 13.2. The Morgan fingerprint density at radius 1 is 0.516 bits per heavy atom. The molecule has 0 aromatic heterocycles. The number of carboxylic acids is 1. The van der Waals surface area contributed by atoms with Gasteiger partial charge in [-0.2, -0.15) is 0 Å². The first-order valence-electron chi connectivity index (χ1n) is 36.9. The van der Waals surface area contributed by atoms with Crippen molar-refractivity contribution in [3.63, 3.8) is 0 Å². The Bertz CT molecular complexity index is 1880. The third kappa shape index (κ3) is 33.0. The summed E-state index contributed by atoms with van der Waals surface area (Å²) in [6.07, 6.45) is 20.0. The van der Waals surface area contributed by atoms with E-state index in [0.717, 1.165) is 51.9 Å². The Balaban J connectivity index is 1.47. The lowest BCUT2D eigenvalue weighted by Gasteiger charge is -2.50. The van der Waals surface area contributed by atoms with Gasteiger partial charge >= 0.3 is 5.97 Å². The normalized spacial score (nSPS) is 28.0. The van der Waals surface area contributed by atoms with Crippen LogP contribution in [0.3, 0.4) is 0 Å². The third-order valence-corrected chi connectivity index (χ3v) is 19.1. The fraction of sp³-hybridized carbons (Fsp3) is 0.957. The van der Waals surface area contributed by atoms with Crippen LogP contribution in [0.4, 0.5) is 0 Å². The zero-order valence-electron chi connectivity index (χ0n) is 57.4. The highest BCUT2D eigenvalue weighted by Crippen LogP contribution is 2.39. The maximum Gasteiger partial charge on any atom is 0.364 e. The van der Waals surface area contributed by atoms with E-state index in [1.165, 1.54) is 193 Å². The van der Waals surface area contributed by atoms with E-state index in [-0.39, 0.29) is 18.9 Å². The van der Waals surface area contributed by atoms with E-state index >= 15 is 0 Å². The molecule has 0 aromatic carbocycles. The molecule has 93 heavy (non-hydrogen) atoms. The van der Waals surface area contributed by atoms with Crippen LogP contribution in [-0.4, -0.2) is 215 Å². The first-order valence-corrected chi connectivity index (χ1v) is 36.9. The van der Waals surface area contributed by atoms with E-state index in [4.69, 9.17) is 28.4 Å². The van der Waals surface area contributed by atoms with Gasteiger partial charge in [-0.15, -0.1) is 0 Å². The van der Waals surface area contributed by atoms with Gasteiger partial charge in [-0.25, -0.2) is 4.79 Å². The molecule has 23 nitrogen and oxygen atoms in total. The van der Waals surface area contributed by atoms with Gasteiger partial charge in [0.15, 0.2) is 12.6 Å². The van der Waals surface area contributed by atoms with E-state index in [2.05, 4.69) is 24.5 Å². The van der Waals surface area contributed by atoms with Crippen LogP contribution in [0, 0.1) is 0 Å². The molecule has 0 aromatic rings. The minimum atomic E-state index is -3.08. The van der Waals surface area contributed by atoms with Crippen molar-refractivity contribution in [1.29, 1.82) is 0 Å². The molecule has 18 atom stereocenters. The van der Waals surface area contributed by atoms with Gasteiger partial charge in [0.1, 0.15) is 67.1 Å². The monoisotopic (exact) mass is 1340 g/mol. The predicted molar refractivity (Wildman–Crippen MR) is 352 cm³/mol. The summed E-state index contributed by atoms with van der Waals surface area (Å²) in [5, 5.41) is 136. The quantitative estimate of drug-likeness (QED) is 0.0260. The molecule has 3 aliphatic rings. The van der Waals surface area contributed by atoms with Crippen LogP contribution in [0.15, 0.2) is 0 Å².